The summed E-state index contributed by atoms with van der Waals surface area (Å²) in [6.45, 7) is 0. The molecule has 0 radical (unpaired) electrons. The molecule has 7 nitrogen and oxygen atoms in total. The second-order valence-electron chi connectivity index (χ2n) is 5.42. The summed E-state index contributed by atoms with van der Waals surface area (Å²) in [4.78, 5) is 8.43. The summed E-state index contributed by atoms with van der Waals surface area (Å²) >= 11 is 7.49. The molecule has 0 unspecified atom stereocenters. The second kappa shape index (κ2) is 7.27. The van der Waals surface area contributed by atoms with E-state index in [2.05, 4.69) is 25.3 Å². The molecule has 0 aliphatic heterocycles. The SMILES string of the molecule is Cn1c(SCc2noc(-c3cccc(Cl)c3)n2)nnc1-c1ccncc1. The molecular weight excluding hydrogens is 372 g/mol. The van der Waals surface area contributed by atoms with Crippen molar-refractivity contribution in [1.82, 2.24) is 29.9 Å². The highest BCUT2D eigenvalue weighted by Crippen LogP contribution is 2.26. The van der Waals surface area contributed by atoms with Crippen molar-refractivity contribution in [1.29, 1.82) is 0 Å². The first-order chi connectivity index (χ1) is 12.7. The van der Waals surface area contributed by atoms with Gasteiger partial charge < -0.3 is 9.09 Å². The summed E-state index contributed by atoms with van der Waals surface area (Å²) in [5.74, 6) is 2.33. The number of nitrogens with zero attached hydrogens (tertiary/aromatic N) is 6. The predicted octanol–water partition coefficient (Wildman–Crippen LogP) is 3.87. The van der Waals surface area contributed by atoms with E-state index in [1.54, 1.807) is 24.5 Å². The maximum Gasteiger partial charge on any atom is 0.258 e. The summed E-state index contributed by atoms with van der Waals surface area (Å²) in [7, 11) is 1.92. The summed E-state index contributed by atoms with van der Waals surface area (Å²) in [6, 6.07) is 11.1. The van der Waals surface area contributed by atoms with Gasteiger partial charge in [-0.25, -0.2) is 0 Å². The average molecular weight is 385 g/mol. The lowest BCUT2D eigenvalue weighted by molar-refractivity contribution is 0.425. The second-order valence-corrected chi connectivity index (χ2v) is 6.79. The Morgan fingerprint density at radius 1 is 1.12 bits per heavy atom. The van der Waals surface area contributed by atoms with Crippen molar-refractivity contribution < 1.29 is 4.52 Å². The Morgan fingerprint density at radius 2 is 1.96 bits per heavy atom. The molecule has 0 atom stereocenters. The molecule has 1 aromatic carbocycles. The maximum atomic E-state index is 6.00. The van der Waals surface area contributed by atoms with Crippen LogP contribution in [0.25, 0.3) is 22.8 Å². The molecule has 0 saturated carbocycles. The largest absolute Gasteiger partial charge is 0.334 e. The Labute approximate surface area is 158 Å². The third-order valence-electron chi connectivity index (χ3n) is 3.64. The Morgan fingerprint density at radius 3 is 2.77 bits per heavy atom. The van der Waals surface area contributed by atoms with E-state index < -0.39 is 0 Å². The standard InChI is InChI=1S/C17H13ClN6OS/c1-24-15(11-5-7-19-8-6-11)21-22-17(24)26-10-14-20-16(25-23-14)12-3-2-4-13(18)9-12/h2-9H,10H2,1H3. The zero-order valence-electron chi connectivity index (χ0n) is 13.7. The van der Waals surface area contributed by atoms with Gasteiger partial charge in [-0.15, -0.1) is 10.2 Å². The molecule has 0 saturated heterocycles. The topological polar surface area (TPSA) is 82.5 Å². The Hall–Kier alpha value is -2.71. The van der Waals surface area contributed by atoms with Crippen LogP contribution >= 0.6 is 23.4 Å². The molecule has 0 aliphatic carbocycles. The first kappa shape index (κ1) is 16.7. The van der Waals surface area contributed by atoms with Gasteiger partial charge in [-0.2, -0.15) is 4.98 Å². The van der Waals surface area contributed by atoms with Crippen molar-refractivity contribution in [3.63, 3.8) is 0 Å². The third-order valence-corrected chi connectivity index (χ3v) is 4.89. The minimum atomic E-state index is 0.443. The zero-order valence-corrected chi connectivity index (χ0v) is 15.3. The van der Waals surface area contributed by atoms with Crippen LogP contribution in [-0.4, -0.2) is 29.9 Å². The van der Waals surface area contributed by atoms with Gasteiger partial charge in [-0.3, -0.25) is 4.98 Å². The first-order valence-corrected chi connectivity index (χ1v) is 9.08. The number of hydrogen-bond acceptors (Lipinski definition) is 7. The summed E-state index contributed by atoms with van der Waals surface area (Å²) in [5.41, 5.74) is 1.75. The molecule has 4 rings (SSSR count). The Bertz CT molecular complexity index is 1030. The van der Waals surface area contributed by atoms with Gasteiger partial charge in [0.1, 0.15) is 0 Å². The van der Waals surface area contributed by atoms with Crippen LogP contribution in [0.1, 0.15) is 5.82 Å². The predicted molar refractivity (Wildman–Crippen MR) is 98.5 cm³/mol. The van der Waals surface area contributed by atoms with E-state index in [1.165, 1.54) is 11.8 Å². The van der Waals surface area contributed by atoms with Gasteiger partial charge in [0.15, 0.2) is 16.8 Å². The van der Waals surface area contributed by atoms with Crippen LogP contribution in [-0.2, 0) is 12.8 Å². The highest BCUT2D eigenvalue weighted by molar-refractivity contribution is 7.98. The summed E-state index contributed by atoms with van der Waals surface area (Å²) in [6.07, 6.45) is 3.46. The average Bonchev–Trinajstić information content (AvgIpc) is 3.28. The van der Waals surface area contributed by atoms with Crippen LogP contribution in [0.5, 0.6) is 0 Å². The highest BCUT2D eigenvalue weighted by atomic mass is 35.5. The van der Waals surface area contributed by atoms with Gasteiger partial charge in [0, 0.05) is 35.6 Å². The fraction of sp³-hybridized carbons (Fsp3) is 0.118. The molecule has 0 fully saturated rings. The monoisotopic (exact) mass is 384 g/mol. The fourth-order valence-electron chi connectivity index (χ4n) is 2.37. The first-order valence-electron chi connectivity index (χ1n) is 7.72. The number of thioether (sulfide) groups is 1. The van der Waals surface area contributed by atoms with Crippen molar-refractivity contribution in [2.75, 3.05) is 0 Å². The molecule has 26 heavy (non-hydrogen) atoms. The van der Waals surface area contributed by atoms with Crippen molar-refractivity contribution >= 4 is 23.4 Å². The maximum absolute atomic E-state index is 6.00. The van der Waals surface area contributed by atoms with E-state index in [9.17, 15) is 0 Å². The highest BCUT2D eigenvalue weighted by Gasteiger charge is 2.14. The minimum Gasteiger partial charge on any atom is -0.334 e. The van der Waals surface area contributed by atoms with Crippen LogP contribution in [0.3, 0.4) is 0 Å². The van der Waals surface area contributed by atoms with Gasteiger partial charge in [-0.1, -0.05) is 34.6 Å². The van der Waals surface area contributed by atoms with Gasteiger partial charge in [0.05, 0.1) is 5.75 Å². The van der Waals surface area contributed by atoms with Crippen LogP contribution in [0, 0.1) is 0 Å². The van der Waals surface area contributed by atoms with E-state index in [4.69, 9.17) is 16.1 Å². The van der Waals surface area contributed by atoms with E-state index in [0.29, 0.717) is 22.5 Å². The molecule has 130 valence electrons. The van der Waals surface area contributed by atoms with Crippen LogP contribution in [0.4, 0.5) is 0 Å². The van der Waals surface area contributed by atoms with Gasteiger partial charge >= 0.3 is 0 Å². The molecule has 0 amide bonds. The van der Waals surface area contributed by atoms with Crippen LogP contribution in [0.2, 0.25) is 5.02 Å². The quantitative estimate of drug-likeness (QED) is 0.483. The van der Waals surface area contributed by atoms with Crippen molar-refractivity contribution in [2.45, 2.75) is 10.9 Å². The van der Waals surface area contributed by atoms with E-state index in [1.807, 2.05) is 35.9 Å². The lowest BCUT2D eigenvalue weighted by Crippen LogP contribution is -1.95. The minimum absolute atomic E-state index is 0.443. The van der Waals surface area contributed by atoms with E-state index in [-0.39, 0.29) is 0 Å². The summed E-state index contributed by atoms with van der Waals surface area (Å²) < 4.78 is 7.24. The molecule has 4 aromatic rings. The van der Waals surface area contributed by atoms with Crippen LogP contribution < -0.4 is 0 Å². The number of pyridine rings is 1. The van der Waals surface area contributed by atoms with Crippen molar-refractivity contribution in [2.24, 2.45) is 7.05 Å². The molecular formula is C17H13ClN6OS. The molecule has 3 aromatic heterocycles. The van der Waals surface area contributed by atoms with Gasteiger partial charge in [0.25, 0.3) is 5.89 Å². The van der Waals surface area contributed by atoms with Gasteiger partial charge in [0.2, 0.25) is 0 Å². The number of benzene rings is 1. The van der Waals surface area contributed by atoms with Gasteiger partial charge in [-0.05, 0) is 30.3 Å². The molecule has 0 N–H and O–H groups in total. The normalized spacial score (nSPS) is 11.0. The fourth-order valence-corrected chi connectivity index (χ4v) is 3.32. The number of aromatic nitrogens is 6. The van der Waals surface area contributed by atoms with Crippen molar-refractivity contribution in [3.8, 4) is 22.8 Å². The molecule has 3 heterocycles. The van der Waals surface area contributed by atoms with Crippen LogP contribution in [0.15, 0.2) is 58.5 Å². The molecule has 9 heteroatoms. The Balaban J connectivity index is 1.48. The molecule has 0 aliphatic rings. The number of rotatable bonds is 5. The molecule has 0 bridgehead atoms. The summed E-state index contributed by atoms with van der Waals surface area (Å²) in [5, 5.41) is 13.9. The Kier molecular flexibility index (Phi) is 4.68. The lowest BCUT2D eigenvalue weighted by Gasteiger charge is -2.02. The number of hydrogen-bond donors (Lipinski definition) is 0. The zero-order chi connectivity index (χ0) is 17.9. The lowest BCUT2D eigenvalue weighted by atomic mass is 10.2. The van der Waals surface area contributed by atoms with Crippen molar-refractivity contribution in [3.05, 3.63) is 59.6 Å². The van der Waals surface area contributed by atoms with E-state index in [0.717, 1.165) is 22.1 Å². The smallest absolute Gasteiger partial charge is 0.258 e. The number of halogens is 1. The third kappa shape index (κ3) is 3.47. The van der Waals surface area contributed by atoms with E-state index >= 15 is 0 Å². The molecule has 0 spiro atoms.